The first-order valence-electron chi connectivity index (χ1n) is 8.15. The molecule has 0 fully saturated rings. The van der Waals surface area contributed by atoms with Gasteiger partial charge in [0.1, 0.15) is 0 Å². The van der Waals surface area contributed by atoms with Gasteiger partial charge >= 0.3 is 0 Å². The molecule has 2 amide bonds. The third-order valence-corrected chi connectivity index (χ3v) is 5.83. The zero-order valence-corrected chi connectivity index (χ0v) is 17.0. The molecular formula is C18H18N4O4S2. The second-order valence-electron chi connectivity index (χ2n) is 6.18. The summed E-state index contributed by atoms with van der Waals surface area (Å²) in [5.74, 6) is -0.566. The van der Waals surface area contributed by atoms with Crippen molar-refractivity contribution in [3.63, 3.8) is 0 Å². The third kappa shape index (κ3) is 4.02. The maximum Gasteiger partial charge on any atom is 0.286 e. The van der Waals surface area contributed by atoms with E-state index in [1.165, 1.54) is 15.5 Å². The highest BCUT2D eigenvalue weighted by Gasteiger charge is 2.23. The Morgan fingerprint density at radius 3 is 2.46 bits per heavy atom. The fourth-order valence-corrected chi connectivity index (χ4v) is 3.98. The summed E-state index contributed by atoms with van der Waals surface area (Å²) in [6.07, 6.45) is 2.57. The van der Waals surface area contributed by atoms with Crippen LogP contribution in [0.4, 0.5) is 10.5 Å². The third-order valence-electron chi connectivity index (χ3n) is 3.76. The lowest BCUT2D eigenvalue weighted by atomic mass is 10.3. The summed E-state index contributed by atoms with van der Waals surface area (Å²) in [7, 11) is -0.352. The van der Waals surface area contributed by atoms with Crippen LogP contribution in [0.5, 0.6) is 0 Å². The largest absolute Gasteiger partial charge is 0.339 e. The number of carbonyl (C=O) groups is 2. The summed E-state index contributed by atoms with van der Waals surface area (Å²) in [5, 5.41) is 2.33. The fourth-order valence-electron chi connectivity index (χ4n) is 2.46. The molecule has 0 unspecified atom stereocenters. The first-order valence-corrected chi connectivity index (χ1v) is 10.9. The molecule has 0 spiro atoms. The topological polar surface area (TPSA) is 101 Å². The molecular weight excluding hydrogens is 400 g/mol. The normalized spacial score (nSPS) is 11.4. The number of fused-ring (bicyclic) bond motifs is 1. The molecule has 2 heterocycles. The van der Waals surface area contributed by atoms with Crippen molar-refractivity contribution in [2.75, 3.05) is 25.7 Å². The van der Waals surface area contributed by atoms with E-state index < -0.39 is 15.7 Å². The van der Waals surface area contributed by atoms with Crippen LogP contribution in [0.15, 0.2) is 58.7 Å². The number of amides is 2. The zero-order valence-electron chi connectivity index (χ0n) is 15.4. The molecule has 1 aromatic carbocycles. The summed E-state index contributed by atoms with van der Waals surface area (Å²) in [6, 6.07) is 11.8. The quantitative estimate of drug-likeness (QED) is 0.654. The molecule has 0 bridgehead atoms. The Morgan fingerprint density at radius 2 is 1.79 bits per heavy atom. The summed E-state index contributed by atoms with van der Waals surface area (Å²) in [5.41, 5.74) is 0.792. The minimum absolute atomic E-state index is 0.0141. The van der Waals surface area contributed by atoms with E-state index in [0.29, 0.717) is 16.1 Å². The number of nitrogens with one attached hydrogen (secondary N) is 1. The summed E-state index contributed by atoms with van der Waals surface area (Å²) in [4.78, 5) is 30.9. The van der Waals surface area contributed by atoms with Crippen molar-refractivity contribution in [2.45, 2.75) is 10.1 Å². The van der Waals surface area contributed by atoms with Crippen molar-refractivity contribution in [3.8, 4) is 0 Å². The van der Waals surface area contributed by atoms with E-state index in [-0.39, 0.29) is 16.1 Å². The van der Waals surface area contributed by atoms with E-state index in [1.54, 1.807) is 56.6 Å². The molecule has 0 radical (unpaired) electrons. The lowest BCUT2D eigenvalue weighted by Gasteiger charge is -2.12. The van der Waals surface area contributed by atoms with E-state index in [4.69, 9.17) is 0 Å². The van der Waals surface area contributed by atoms with Crippen LogP contribution in [-0.2, 0) is 9.84 Å². The average molecular weight is 419 g/mol. The van der Waals surface area contributed by atoms with Gasteiger partial charge in [0.15, 0.2) is 5.69 Å². The number of para-hydroxylation sites is 1. The van der Waals surface area contributed by atoms with Crippen molar-refractivity contribution in [1.29, 1.82) is 0 Å². The van der Waals surface area contributed by atoms with Gasteiger partial charge < -0.3 is 10.2 Å². The van der Waals surface area contributed by atoms with Crippen molar-refractivity contribution in [2.24, 2.45) is 0 Å². The van der Waals surface area contributed by atoms with Crippen LogP contribution >= 0.6 is 11.8 Å². The van der Waals surface area contributed by atoms with Crippen LogP contribution < -0.4 is 5.32 Å². The molecule has 0 aliphatic carbocycles. The molecule has 0 aliphatic heterocycles. The standard InChI is InChI=1S/C18H18N4O4S2/c1-21(2)18(24)27-14-10-5-4-8-12(14)19-16(23)15-13-9-6-7-11-22(13)17(20-15)28(3,25)26/h4-11H,1-3H3,(H,19,23). The Bertz CT molecular complexity index is 1170. The van der Waals surface area contributed by atoms with Gasteiger partial charge in [-0.3, -0.25) is 14.0 Å². The Balaban J connectivity index is 1.99. The Labute approximate surface area is 166 Å². The van der Waals surface area contributed by atoms with E-state index in [0.717, 1.165) is 18.0 Å². The van der Waals surface area contributed by atoms with Crippen molar-refractivity contribution in [3.05, 3.63) is 54.4 Å². The maximum absolute atomic E-state index is 12.9. The predicted octanol–water partition coefficient (Wildman–Crippen LogP) is 2.76. The summed E-state index contributed by atoms with van der Waals surface area (Å²) < 4.78 is 25.4. The number of thioether (sulfide) groups is 1. The predicted molar refractivity (Wildman–Crippen MR) is 108 cm³/mol. The Morgan fingerprint density at radius 1 is 1.11 bits per heavy atom. The van der Waals surface area contributed by atoms with Crippen LogP contribution in [0, 0.1) is 0 Å². The van der Waals surface area contributed by atoms with Gasteiger partial charge in [-0.1, -0.05) is 18.2 Å². The van der Waals surface area contributed by atoms with Gasteiger partial charge in [-0.05, 0) is 36.0 Å². The van der Waals surface area contributed by atoms with Gasteiger partial charge in [0.05, 0.1) is 11.2 Å². The lowest BCUT2D eigenvalue weighted by Crippen LogP contribution is -2.17. The molecule has 3 rings (SSSR count). The average Bonchev–Trinajstić information content (AvgIpc) is 3.03. The van der Waals surface area contributed by atoms with Gasteiger partial charge in [0.2, 0.25) is 15.0 Å². The number of carbonyl (C=O) groups excluding carboxylic acids is 2. The van der Waals surface area contributed by atoms with E-state index in [1.807, 2.05) is 0 Å². The minimum Gasteiger partial charge on any atom is -0.339 e. The van der Waals surface area contributed by atoms with Gasteiger partial charge in [-0.25, -0.2) is 13.4 Å². The van der Waals surface area contributed by atoms with E-state index in [2.05, 4.69) is 10.3 Å². The number of benzene rings is 1. The minimum atomic E-state index is -3.63. The van der Waals surface area contributed by atoms with Crippen molar-refractivity contribution < 1.29 is 18.0 Å². The molecule has 0 saturated carbocycles. The zero-order chi connectivity index (χ0) is 20.5. The molecule has 2 aromatic heterocycles. The smallest absolute Gasteiger partial charge is 0.286 e. The van der Waals surface area contributed by atoms with Gasteiger partial charge in [0.25, 0.3) is 11.1 Å². The summed E-state index contributed by atoms with van der Waals surface area (Å²) in [6.45, 7) is 0. The highest BCUT2D eigenvalue weighted by molar-refractivity contribution is 8.13. The Kier molecular flexibility index (Phi) is 5.43. The molecule has 0 saturated heterocycles. The maximum atomic E-state index is 12.9. The molecule has 28 heavy (non-hydrogen) atoms. The number of rotatable bonds is 4. The fraction of sp³-hybridized carbons (Fsp3) is 0.167. The van der Waals surface area contributed by atoms with Crippen molar-refractivity contribution in [1.82, 2.24) is 14.3 Å². The lowest BCUT2D eigenvalue weighted by molar-refractivity contribution is 0.102. The summed E-state index contributed by atoms with van der Waals surface area (Å²) >= 11 is 0.979. The molecule has 146 valence electrons. The molecule has 10 heteroatoms. The number of pyridine rings is 1. The second kappa shape index (κ2) is 7.64. The Hall–Kier alpha value is -2.85. The molecule has 3 aromatic rings. The molecule has 0 aliphatic rings. The van der Waals surface area contributed by atoms with Crippen molar-refractivity contribution >= 4 is 43.9 Å². The number of nitrogens with zero attached hydrogens (tertiary/aromatic N) is 3. The molecule has 0 atom stereocenters. The van der Waals surface area contributed by atoms with E-state index in [9.17, 15) is 18.0 Å². The van der Waals surface area contributed by atoms with Crippen LogP contribution in [0.25, 0.3) is 5.52 Å². The van der Waals surface area contributed by atoms with E-state index >= 15 is 0 Å². The van der Waals surface area contributed by atoms with Crippen LogP contribution in [0.1, 0.15) is 10.5 Å². The highest BCUT2D eigenvalue weighted by Crippen LogP contribution is 2.29. The van der Waals surface area contributed by atoms with Gasteiger partial charge in [0, 0.05) is 31.4 Å². The van der Waals surface area contributed by atoms with Gasteiger partial charge in [-0.15, -0.1) is 0 Å². The number of hydrogen-bond acceptors (Lipinski definition) is 6. The highest BCUT2D eigenvalue weighted by atomic mass is 32.2. The SMILES string of the molecule is CN(C)C(=O)Sc1ccccc1NC(=O)c1nc(S(C)(=O)=O)n2ccccc12. The van der Waals surface area contributed by atoms with Crippen LogP contribution in [0.2, 0.25) is 0 Å². The first-order chi connectivity index (χ1) is 13.2. The number of anilines is 1. The van der Waals surface area contributed by atoms with Gasteiger partial charge in [-0.2, -0.15) is 0 Å². The number of hydrogen-bond donors (Lipinski definition) is 1. The van der Waals surface area contributed by atoms with Crippen LogP contribution in [0.3, 0.4) is 0 Å². The molecule has 8 nitrogen and oxygen atoms in total. The second-order valence-corrected chi connectivity index (χ2v) is 9.09. The number of sulfone groups is 1. The van der Waals surface area contributed by atoms with Crippen LogP contribution in [-0.4, -0.2) is 54.2 Å². The first kappa shape index (κ1) is 19.9. The number of aromatic nitrogens is 2. The monoisotopic (exact) mass is 418 g/mol. The molecule has 1 N–H and O–H groups in total. The number of imidazole rings is 1.